The molecule has 6 heteroatoms. The fraction of sp³-hybridized carbons (Fsp3) is 0.125. The zero-order valence-corrected chi connectivity index (χ0v) is 13.2. The molecule has 0 aliphatic carbocycles. The maximum atomic E-state index is 12.2. The van der Waals surface area contributed by atoms with E-state index in [2.05, 4.69) is 5.32 Å². The van der Waals surface area contributed by atoms with E-state index in [1.54, 1.807) is 43.3 Å². The van der Waals surface area contributed by atoms with Crippen LogP contribution in [0.4, 0.5) is 5.69 Å². The molecule has 2 aromatic carbocycles. The predicted octanol–water partition coefficient (Wildman–Crippen LogP) is 4.27. The minimum atomic E-state index is -0.803. The highest BCUT2D eigenvalue weighted by Crippen LogP contribution is 2.28. The lowest BCUT2D eigenvalue weighted by molar-refractivity contribution is -0.122. The van der Waals surface area contributed by atoms with Crippen molar-refractivity contribution in [3.63, 3.8) is 0 Å². The summed E-state index contributed by atoms with van der Waals surface area (Å²) in [6, 6.07) is 13.5. The van der Waals surface area contributed by atoms with Gasteiger partial charge in [-0.1, -0.05) is 35.3 Å². The summed E-state index contributed by atoms with van der Waals surface area (Å²) in [6.45, 7) is 1.58. The van der Waals surface area contributed by atoms with Crippen LogP contribution in [-0.2, 0) is 4.79 Å². The van der Waals surface area contributed by atoms with Crippen molar-refractivity contribution in [3.8, 4) is 11.8 Å². The van der Waals surface area contributed by atoms with Crippen LogP contribution in [0.2, 0.25) is 10.0 Å². The molecule has 0 fully saturated rings. The van der Waals surface area contributed by atoms with Crippen LogP contribution >= 0.6 is 23.2 Å². The number of para-hydroxylation sites is 1. The first-order chi connectivity index (χ1) is 10.5. The van der Waals surface area contributed by atoms with Crippen molar-refractivity contribution in [2.45, 2.75) is 13.0 Å². The molecular weight excluding hydrogens is 323 g/mol. The van der Waals surface area contributed by atoms with Crippen LogP contribution in [0.15, 0.2) is 42.5 Å². The Labute approximate surface area is 138 Å². The number of halogens is 2. The third-order valence-electron chi connectivity index (χ3n) is 2.87. The second-order valence-corrected chi connectivity index (χ2v) is 5.33. The van der Waals surface area contributed by atoms with Gasteiger partial charge >= 0.3 is 0 Å². The van der Waals surface area contributed by atoms with E-state index in [9.17, 15) is 4.79 Å². The van der Waals surface area contributed by atoms with Crippen LogP contribution in [0.3, 0.4) is 0 Å². The van der Waals surface area contributed by atoms with Crippen molar-refractivity contribution in [3.05, 3.63) is 58.1 Å². The van der Waals surface area contributed by atoms with Gasteiger partial charge in [0.15, 0.2) is 6.10 Å². The molecule has 0 aromatic heterocycles. The van der Waals surface area contributed by atoms with E-state index in [4.69, 9.17) is 33.2 Å². The maximum absolute atomic E-state index is 12.2. The van der Waals surface area contributed by atoms with Crippen molar-refractivity contribution in [1.29, 1.82) is 5.26 Å². The van der Waals surface area contributed by atoms with Gasteiger partial charge in [0.1, 0.15) is 11.8 Å². The lowest BCUT2D eigenvalue weighted by Gasteiger charge is -2.16. The molecule has 0 bridgehead atoms. The highest BCUT2D eigenvalue weighted by Gasteiger charge is 2.17. The van der Waals surface area contributed by atoms with Crippen LogP contribution in [0.25, 0.3) is 0 Å². The van der Waals surface area contributed by atoms with E-state index < -0.39 is 12.0 Å². The van der Waals surface area contributed by atoms with Gasteiger partial charge in [0.05, 0.1) is 16.3 Å². The molecular formula is C16H12Cl2N2O2. The third kappa shape index (κ3) is 3.91. The highest BCUT2D eigenvalue weighted by atomic mass is 35.5. The molecule has 112 valence electrons. The number of nitrogens with zero attached hydrogens (tertiary/aromatic N) is 1. The minimum Gasteiger partial charge on any atom is -0.479 e. The first-order valence-electron chi connectivity index (χ1n) is 6.43. The molecule has 0 aliphatic rings. The number of nitrogens with one attached hydrogen (secondary N) is 1. The Kier molecular flexibility index (Phi) is 5.26. The molecule has 0 saturated heterocycles. The summed E-state index contributed by atoms with van der Waals surface area (Å²) in [5.41, 5.74) is 0.812. The number of rotatable bonds is 4. The van der Waals surface area contributed by atoms with Crippen LogP contribution in [0.1, 0.15) is 12.5 Å². The minimum absolute atomic E-state index is 0.324. The first kappa shape index (κ1) is 16.2. The van der Waals surface area contributed by atoms with Gasteiger partial charge in [-0.2, -0.15) is 5.26 Å². The van der Waals surface area contributed by atoms with E-state index in [0.717, 1.165) is 0 Å². The molecule has 0 unspecified atom stereocenters. The number of carbonyl (C=O) groups is 1. The molecule has 4 nitrogen and oxygen atoms in total. The Morgan fingerprint density at radius 2 is 2.00 bits per heavy atom. The summed E-state index contributed by atoms with van der Waals surface area (Å²) in [4.78, 5) is 12.2. The predicted molar refractivity (Wildman–Crippen MR) is 86.3 cm³/mol. The third-order valence-corrected chi connectivity index (χ3v) is 3.42. The number of hydrogen-bond donors (Lipinski definition) is 1. The zero-order chi connectivity index (χ0) is 16.1. The molecule has 0 heterocycles. The van der Waals surface area contributed by atoms with Crippen molar-refractivity contribution >= 4 is 34.8 Å². The quantitative estimate of drug-likeness (QED) is 0.907. The second kappa shape index (κ2) is 7.17. The first-order valence-corrected chi connectivity index (χ1v) is 7.18. The molecule has 2 rings (SSSR count). The molecule has 1 N–H and O–H groups in total. The Hall–Kier alpha value is -2.22. The van der Waals surface area contributed by atoms with E-state index >= 15 is 0 Å². The fourth-order valence-electron chi connectivity index (χ4n) is 1.74. The van der Waals surface area contributed by atoms with Crippen LogP contribution < -0.4 is 10.1 Å². The van der Waals surface area contributed by atoms with Crippen molar-refractivity contribution in [1.82, 2.24) is 0 Å². The van der Waals surface area contributed by atoms with Crippen LogP contribution in [0, 0.1) is 11.3 Å². The van der Waals surface area contributed by atoms with Gasteiger partial charge in [-0.05, 0) is 31.2 Å². The number of anilines is 1. The lowest BCUT2D eigenvalue weighted by Crippen LogP contribution is -2.30. The standard InChI is InChI=1S/C16H12Cl2N2O2/c1-10(22-15-8-12(17)6-7-13(15)18)16(21)20-14-5-3-2-4-11(14)9-19/h2-8,10H,1H3,(H,20,21)/t10-/m1/s1. The molecule has 0 spiro atoms. The van der Waals surface area contributed by atoms with Gasteiger partial charge in [-0.25, -0.2) is 0 Å². The fourth-order valence-corrected chi connectivity index (χ4v) is 2.06. The van der Waals surface area contributed by atoms with Crippen LogP contribution in [0.5, 0.6) is 5.75 Å². The Morgan fingerprint density at radius 1 is 1.27 bits per heavy atom. The average molecular weight is 335 g/mol. The summed E-state index contributed by atoms with van der Waals surface area (Å²) in [6.07, 6.45) is -0.803. The number of benzene rings is 2. The summed E-state index contributed by atoms with van der Waals surface area (Å²) in [5.74, 6) is -0.0656. The van der Waals surface area contributed by atoms with E-state index in [0.29, 0.717) is 27.0 Å². The van der Waals surface area contributed by atoms with Gasteiger partial charge in [0, 0.05) is 11.1 Å². The van der Waals surface area contributed by atoms with Crippen LogP contribution in [-0.4, -0.2) is 12.0 Å². The average Bonchev–Trinajstić information content (AvgIpc) is 2.51. The lowest BCUT2D eigenvalue weighted by atomic mass is 10.2. The highest BCUT2D eigenvalue weighted by molar-refractivity contribution is 6.34. The number of carbonyl (C=O) groups excluding carboxylic acids is 1. The summed E-state index contributed by atoms with van der Waals surface area (Å²) >= 11 is 11.9. The Balaban J connectivity index is 2.10. The van der Waals surface area contributed by atoms with Gasteiger partial charge < -0.3 is 10.1 Å². The van der Waals surface area contributed by atoms with Gasteiger partial charge in [0.2, 0.25) is 0 Å². The van der Waals surface area contributed by atoms with Gasteiger partial charge in [-0.15, -0.1) is 0 Å². The van der Waals surface area contributed by atoms with Crippen molar-refractivity contribution in [2.75, 3.05) is 5.32 Å². The molecule has 0 aliphatic heterocycles. The largest absolute Gasteiger partial charge is 0.479 e. The molecule has 2 aromatic rings. The number of amides is 1. The van der Waals surface area contributed by atoms with Crippen molar-refractivity contribution < 1.29 is 9.53 Å². The second-order valence-electron chi connectivity index (χ2n) is 4.48. The zero-order valence-electron chi connectivity index (χ0n) is 11.6. The van der Waals surface area contributed by atoms with E-state index in [1.165, 1.54) is 6.07 Å². The molecule has 1 amide bonds. The van der Waals surface area contributed by atoms with E-state index in [1.807, 2.05) is 6.07 Å². The van der Waals surface area contributed by atoms with Gasteiger partial charge in [-0.3, -0.25) is 4.79 Å². The van der Waals surface area contributed by atoms with E-state index in [-0.39, 0.29) is 0 Å². The molecule has 0 radical (unpaired) electrons. The monoisotopic (exact) mass is 334 g/mol. The SMILES string of the molecule is C[C@@H](Oc1cc(Cl)ccc1Cl)C(=O)Nc1ccccc1C#N. The number of hydrogen-bond acceptors (Lipinski definition) is 3. The maximum Gasteiger partial charge on any atom is 0.265 e. The topological polar surface area (TPSA) is 62.1 Å². The molecule has 22 heavy (non-hydrogen) atoms. The summed E-state index contributed by atoms with van der Waals surface area (Å²) in [5, 5.41) is 12.5. The normalized spacial score (nSPS) is 11.4. The Bertz CT molecular complexity index is 741. The smallest absolute Gasteiger partial charge is 0.265 e. The van der Waals surface area contributed by atoms with Crippen molar-refractivity contribution in [2.24, 2.45) is 0 Å². The number of nitriles is 1. The molecule has 1 atom stereocenters. The Morgan fingerprint density at radius 3 is 2.73 bits per heavy atom. The molecule has 0 saturated carbocycles. The van der Waals surface area contributed by atoms with Gasteiger partial charge in [0.25, 0.3) is 5.91 Å². The summed E-state index contributed by atoms with van der Waals surface area (Å²) < 4.78 is 5.52. The summed E-state index contributed by atoms with van der Waals surface area (Å²) in [7, 11) is 0. The number of ether oxygens (including phenoxy) is 1.